The van der Waals surface area contributed by atoms with E-state index in [2.05, 4.69) is 11.2 Å². The summed E-state index contributed by atoms with van der Waals surface area (Å²) in [6, 6.07) is 7.62. The second kappa shape index (κ2) is 5.04. The summed E-state index contributed by atoms with van der Waals surface area (Å²) in [5.41, 5.74) is 3.40. The summed E-state index contributed by atoms with van der Waals surface area (Å²) in [5, 5.41) is 3.73. The minimum atomic E-state index is -0.461. The van der Waals surface area contributed by atoms with Crippen molar-refractivity contribution in [2.75, 3.05) is 6.61 Å². The van der Waals surface area contributed by atoms with E-state index in [4.69, 9.17) is 9.26 Å². The molecule has 0 unspecified atom stereocenters. The van der Waals surface area contributed by atoms with Gasteiger partial charge in [0.15, 0.2) is 11.5 Å². The zero-order valence-corrected chi connectivity index (χ0v) is 10.7. The molecule has 1 heterocycles. The molecular formula is C14H15NO3. The van der Waals surface area contributed by atoms with Gasteiger partial charge in [-0.3, -0.25) is 0 Å². The normalized spacial score (nSPS) is 10.4. The third kappa shape index (κ3) is 2.42. The minimum absolute atomic E-state index is 0.201. The Balaban J connectivity index is 2.32. The second-order valence-corrected chi connectivity index (χ2v) is 4.12. The largest absolute Gasteiger partial charge is 0.461 e. The first-order valence-electron chi connectivity index (χ1n) is 5.83. The Hall–Kier alpha value is -2.10. The van der Waals surface area contributed by atoms with Crippen LogP contribution in [0.5, 0.6) is 0 Å². The van der Waals surface area contributed by atoms with E-state index in [1.807, 2.05) is 26.0 Å². The van der Waals surface area contributed by atoms with E-state index in [1.54, 1.807) is 13.0 Å². The van der Waals surface area contributed by atoms with Gasteiger partial charge in [0.1, 0.15) is 0 Å². The number of carbonyl (C=O) groups is 1. The molecule has 0 amide bonds. The molecule has 0 saturated heterocycles. The zero-order valence-electron chi connectivity index (χ0n) is 10.7. The van der Waals surface area contributed by atoms with Crippen molar-refractivity contribution < 1.29 is 14.1 Å². The van der Waals surface area contributed by atoms with Crippen LogP contribution < -0.4 is 0 Å². The Bertz CT molecular complexity index is 572. The maximum Gasteiger partial charge on any atom is 0.360 e. The van der Waals surface area contributed by atoms with Gasteiger partial charge in [-0.1, -0.05) is 28.9 Å². The van der Waals surface area contributed by atoms with Gasteiger partial charge in [0.25, 0.3) is 0 Å². The maximum absolute atomic E-state index is 11.5. The highest BCUT2D eigenvalue weighted by Gasteiger charge is 2.15. The summed E-state index contributed by atoms with van der Waals surface area (Å²) in [6.45, 7) is 6.10. The first-order chi connectivity index (χ1) is 8.61. The summed E-state index contributed by atoms with van der Waals surface area (Å²) in [5.74, 6) is 0.118. The van der Waals surface area contributed by atoms with E-state index in [1.165, 1.54) is 5.56 Å². The average molecular weight is 245 g/mol. The Labute approximate surface area is 106 Å². The number of hydrogen-bond acceptors (Lipinski definition) is 4. The molecule has 0 aliphatic rings. The van der Waals surface area contributed by atoms with Gasteiger partial charge in [0.05, 0.1) is 6.61 Å². The number of hydrogen-bond donors (Lipinski definition) is 0. The lowest BCUT2D eigenvalue weighted by atomic mass is 10.0. The molecule has 0 N–H and O–H groups in total. The fourth-order valence-corrected chi connectivity index (χ4v) is 1.79. The molecule has 18 heavy (non-hydrogen) atoms. The van der Waals surface area contributed by atoms with Gasteiger partial charge in [-0.15, -0.1) is 0 Å². The van der Waals surface area contributed by atoms with Gasteiger partial charge in [-0.05, 0) is 26.3 Å². The third-order valence-corrected chi connectivity index (χ3v) is 2.64. The van der Waals surface area contributed by atoms with Crippen LogP contribution in [0.1, 0.15) is 28.5 Å². The van der Waals surface area contributed by atoms with E-state index < -0.39 is 5.97 Å². The van der Waals surface area contributed by atoms with Crippen LogP contribution in [0, 0.1) is 13.8 Å². The standard InChI is InChI=1S/C14H15NO3/c1-4-17-14(16)12-8-13(18-15-12)11-6-5-9(2)7-10(11)3/h5-8H,4H2,1-3H3. The number of benzene rings is 1. The molecule has 0 aliphatic carbocycles. The van der Waals surface area contributed by atoms with Gasteiger partial charge < -0.3 is 9.26 Å². The molecule has 0 atom stereocenters. The average Bonchev–Trinajstić information content (AvgIpc) is 2.78. The van der Waals surface area contributed by atoms with Crippen molar-refractivity contribution in [3.05, 3.63) is 41.1 Å². The van der Waals surface area contributed by atoms with E-state index in [-0.39, 0.29) is 5.69 Å². The number of rotatable bonds is 3. The highest BCUT2D eigenvalue weighted by Crippen LogP contribution is 2.25. The molecule has 4 heteroatoms. The predicted octanol–water partition coefficient (Wildman–Crippen LogP) is 3.14. The molecule has 0 fully saturated rings. The molecule has 0 bridgehead atoms. The molecule has 0 radical (unpaired) electrons. The van der Waals surface area contributed by atoms with E-state index in [0.29, 0.717) is 12.4 Å². The number of nitrogens with zero attached hydrogens (tertiary/aromatic N) is 1. The molecule has 0 spiro atoms. The van der Waals surface area contributed by atoms with E-state index in [9.17, 15) is 4.79 Å². The smallest absolute Gasteiger partial charge is 0.360 e. The predicted molar refractivity (Wildman–Crippen MR) is 67.4 cm³/mol. The fourth-order valence-electron chi connectivity index (χ4n) is 1.79. The van der Waals surface area contributed by atoms with Crippen molar-refractivity contribution in [1.29, 1.82) is 0 Å². The van der Waals surface area contributed by atoms with Gasteiger partial charge in [0, 0.05) is 11.6 Å². The topological polar surface area (TPSA) is 52.3 Å². The SMILES string of the molecule is CCOC(=O)c1cc(-c2ccc(C)cc2C)on1. The van der Waals surface area contributed by atoms with Crippen molar-refractivity contribution in [2.45, 2.75) is 20.8 Å². The van der Waals surface area contributed by atoms with Crippen LogP contribution >= 0.6 is 0 Å². The lowest BCUT2D eigenvalue weighted by Gasteiger charge is -2.02. The highest BCUT2D eigenvalue weighted by atomic mass is 16.5. The lowest BCUT2D eigenvalue weighted by Crippen LogP contribution is -2.04. The van der Waals surface area contributed by atoms with E-state index >= 15 is 0 Å². The first kappa shape index (κ1) is 12.4. The molecule has 4 nitrogen and oxygen atoms in total. The summed E-state index contributed by atoms with van der Waals surface area (Å²) in [7, 11) is 0. The molecule has 1 aromatic heterocycles. The number of aromatic nitrogens is 1. The van der Waals surface area contributed by atoms with Crippen LogP contribution in [0.25, 0.3) is 11.3 Å². The molecule has 0 saturated carbocycles. The van der Waals surface area contributed by atoms with Crippen molar-refractivity contribution in [1.82, 2.24) is 5.16 Å². The van der Waals surface area contributed by atoms with Crippen molar-refractivity contribution in [3.8, 4) is 11.3 Å². The van der Waals surface area contributed by atoms with Crippen molar-refractivity contribution in [2.24, 2.45) is 0 Å². The molecule has 94 valence electrons. The third-order valence-electron chi connectivity index (χ3n) is 2.64. The van der Waals surface area contributed by atoms with Crippen LogP contribution in [0.2, 0.25) is 0 Å². The number of aryl methyl sites for hydroxylation is 2. The molecule has 1 aromatic carbocycles. The van der Waals surface area contributed by atoms with Crippen LogP contribution in [0.4, 0.5) is 0 Å². The number of carbonyl (C=O) groups excluding carboxylic acids is 1. The zero-order chi connectivity index (χ0) is 13.1. The highest BCUT2D eigenvalue weighted by molar-refractivity contribution is 5.88. The Morgan fingerprint density at radius 1 is 1.33 bits per heavy atom. The summed E-state index contributed by atoms with van der Waals surface area (Å²) >= 11 is 0. The van der Waals surface area contributed by atoms with Crippen LogP contribution in [-0.2, 0) is 4.74 Å². The molecule has 2 aromatic rings. The van der Waals surface area contributed by atoms with Crippen molar-refractivity contribution in [3.63, 3.8) is 0 Å². The van der Waals surface area contributed by atoms with Gasteiger partial charge >= 0.3 is 5.97 Å². The lowest BCUT2D eigenvalue weighted by molar-refractivity contribution is 0.0514. The molecular weight excluding hydrogens is 230 g/mol. The van der Waals surface area contributed by atoms with Crippen LogP contribution in [0.15, 0.2) is 28.8 Å². The van der Waals surface area contributed by atoms with Crippen LogP contribution in [-0.4, -0.2) is 17.7 Å². The van der Waals surface area contributed by atoms with Crippen LogP contribution in [0.3, 0.4) is 0 Å². The summed E-state index contributed by atoms with van der Waals surface area (Å²) in [6.07, 6.45) is 0. The second-order valence-electron chi connectivity index (χ2n) is 4.12. The molecule has 2 rings (SSSR count). The van der Waals surface area contributed by atoms with Gasteiger partial charge in [-0.2, -0.15) is 0 Å². The number of esters is 1. The Morgan fingerprint density at radius 3 is 2.78 bits per heavy atom. The number of ether oxygens (including phenoxy) is 1. The fraction of sp³-hybridized carbons (Fsp3) is 0.286. The quantitative estimate of drug-likeness (QED) is 0.779. The van der Waals surface area contributed by atoms with Crippen molar-refractivity contribution >= 4 is 5.97 Å². The maximum atomic E-state index is 11.5. The Kier molecular flexibility index (Phi) is 3.46. The monoisotopic (exact) mass is 245 g/mol. The van der Waals surface area contributed by atoms with Gasteiger partial charge in [0.2, 0.25) is 0 Å². The minimum Gasteiger partial charge on any atom is -0.461 e. The first-order valence-corrected chi connectivity index (χ1v) is 5.83. The van der Waals surface area contributed by atoms with Gasteiger partial charge in [-0.25, -0.2) is 4.79 Å². The van der Waals surface area contributed by atoms with E-state index in [0.717, 1.165) is 11.1 Å². The Morgan fingerprint density at radius 2 is 2.11 bits per heavy atom. The summed E-state index contributed by atoms with van der Waals surface area (Å²) in [4.78, 5) is 11.5. The summed E-state index contributed by atoms with van der Waals surface area (Å²) < 4.78 is 10.1. The molecule has 0 aliphatic heterocycles.